The van der Waals surface area contributed by atoms with Crippen molar-refractivity contribution in [1.82, 2.24) is 4.90 Å². The van der Waals surface area contributed by atoms with Crippen molar-refractivity contribution in [3.63, 3.8) is 0 Å². The summed E-state index contributed by atoms with van der Waals surface area (Å²) in [6.45, 7) is 2.26. The van der Waals surface area contributed by atoms with Crippen LogP contribution in [0.3, 0.4) is 0 Å². The minimum absolute atomic E-state index is 0.231. The highest BCUT2D eigenvalue weighted by Gasteiger charge is 2.35. The standard InChI is InChI=1S/C18H14BrNO2S/c1-12-6-2-3-7-13(12)10-16-17(21)20(18(22)23-16)11-14-8-4-5-9-15(14)19/h2-10H,11H2,1H3/b16-10+. The molecule has 0 aromatic heterocycles. The maximum atomic E-state index is 12.5. The highest BCUT2D eigenvalue weighted by Crippen LogP contribution is 2.34. The van der Waals surface area contributed by atoms with Crippen molar-refractivity contribution >= 4 is 44.9 Å². The lowest BCUT2D eigenvalue weighted by atomic mass is 10.1. The van der Waals surface area contributed by atoms with Crippen LogP contribution in [0.2, 0.25) is 0 Å². The Balaban J connectivity index is 1.86. The van der Waals surface area contributed by atoms with Gasteiger partial charge >= 0.3 is 0 Å². The summed E-state index contributed by atoms with van der Waals surface area (Å²) in [5.41, 5.74) is 2.94. The Bertz CT molecular complexity index is 816. The molecule has 2 aromatic rings. The van der Waals surface area contributed by atoms with Gasteiger partial charge in [-0.15, -0.1) is 0 Å². The molecular formula is C18H14BrNO2S. The SMILES string of the molecule is Cc1ccccc1/C=C1/SC(=O)N(Cc2ccccc2Br)C1=O. The molecule has 0 aliphatic carbocycles. The molecule has 1 saturated heterocycles. The quantitative estimate of drug-likeness (QED) is 0.695. The zero-order valence-corrected chi connectivity index (χ0v) is 14.9. The molecule has 1 fully saturated rings. The van der Waals surface area contributed by atoms with Gasteiger partial charge in [-0.3, -0.25) is 14.5 Å². The average Bonchev–Trinajstić information content (AvgIpc) is 2.79. The van der Waals surface area contributed by atoms with Gasteiger partial charge in [-0.25, -0.2) is 0 Å². The molecular weight excluding hydrogens is 374 g/mol. The van der Waals surface area contributed by atoms with Crippen LogP contribution in [0.15, 0.2) is 57.9 Å². The van der Waals surface area contributed by atoms with E-state index in [9.17, 15) is 9.59 Å². The first-order valence-electron chi connectivity index (χ1n) is 7.10. The van der Waals surface area contributed by atoms with Gasteiger partial charge in [0.15, 0.2) is 0 Å². The fourth-order valence-electron chi connectivity index (χ4n) is 2.32. The number of aryl methyl sites for hydroxylation is 1. The van der Waals surface area contributed by atoms with Gasteiger partial charge in [0, 0.05) is 4.47 Å². The summed E-state index contributed by atoms with van der Waals surface area (Å²) in [6, 6.07) is 15.4. The van der Waals surface area contributed by atoms with Crippen molar-refractivity contribution in [3.8, 4) is 0 Å². The Hall–Kier alpha value is -1.85. The average molecular weight is 388 g/mol. The van der Waals surface area contributed by atoms with E-state index in [4.69, 9.17) is 0 Å². The molecule has 116 valence electrons. The van der Waals surface area contributed by atoms with E-state index in [1.54, 1.807) is 6.08 Å². The molecule has 0 bridgehead atoms. The van der Waals surface area contributed by atoms with Gasteiger partial charge in [-0.1, -0.05) is 58.4 Å². The van der Waals surface area contributed by atoms with Gasteiger partial charge in [0.25, 0.3) is 11.1 Å². The van der Waals surface area contributed by atoms with Gasteiger partial charge in [-0.05, 0) is 47.5 Å². The topological polar surface area (TPSA) is 37.4 Å². The van der Waals surface area contributed by atoms with Gasteiger partial charge in [0.05, 0.1) is 11.4 Å². The zero-order chi connectivity index (χ0) is 16.4. The number of rotatable bonds is 3. The molecule has 3 rings (SSSR count). The molecule has 2 amide bonds. The second-order valence-electron chi connectivity index (χ2n) is 5.22. The number of hydrogen-bond acceptors (Lipinski definition) is 3. The summed E-state index contributed by atoms with van der Waals surface area (Å²) in [7, 11) is 0. The number of carbonyl (C=O) groups is 2. The van der Waals surface area contributed by atoms with E-state index in [1.165, 1.54) is 4.90 Å². The van der Waals surface area contributed by atoms with Crippen LogP contribution in [-0.2, 0) is 11.3 Å². The number of benzene rings is 2. The lowest BCUT2D eigenvalue weighted by Gasteiger charge is -2.13. The van der Waals surface area contributed by atoms with Gasteiger partial charge in [0.2, 0.25) is 0 Å². The van der Waals surface area contributed by atoms with E-state index >= 15 is 0 Å². The Morgan fingerprint density at radius 1 is 1.09 bits per heavy atom. The number of carbonyl (C=O) groups excluding carboxylic acids is 2. The summed E-state index contributed by atoms with van der Waals surface area (Å²) in [5.74, 6) is -0.237. The predicted octanol–water partition coefficient (Wildman–Crippen LogP) is 4.99. The third kappa shape index (κ3) is 3.41. The molecule has 1 aliphatic rings. The Labute approximate surface area is 147 Å². The molecule has 0 spiro atoms. The highest BCUT2D eigenvalue weighted by atomic mass is 79.9. The van der Waals surface area contributed by atoms with E-state index in [0.29, 0.717) is 4.91 Å². The first kappa shape index (κ1) is 16.0. The Morgan fingerprint density at radius 3 is 2.52 bits per heavy atom. The monoisotopic (exact) mass is 387 g/mol. The molecule has 1 aliphatic heterocycles. The highest BCUT2D eigenvalue weighted by molar-refractivity contribution is 9.10. The predicted molar refractivity (Wildman–Crippen MR) is 96.8 cm³/mol. The molecule has 23 heavy (non-hydrogen) atoms. The summed E-state index contributed by atoms with van der Waals surface area (Å²) < 4.78 is 0.891. The van der Waals surface area contributed by atoms with Gasteiger partial charge < -0.3 is 0 Å². The lowest BCUT2D eigenvalue weighted by Crippen LogP contribution is -2.27. The van der Waals surface area contributed by atoms with Crippen LogP contribution in [0.1, 0.15) is 16.7 Å². The van der Waals surface area contributed by atoms with Crippen molar-refractivity contribution in [2.75, 3.05) is 0 Å². The first-order valence-corrected chi connectivity index (χ1v) is 8.71. The van der Waals surface area contributed by atoms with Crippen LogP contribution in [0.4, 0.5) is 4.79 Å². The fourth-order valence-corrected chi connectivity index (χ4v) is 3.56. The number of amides is 2. The van der Waals surface area contributed by atoms with Crippen LogP contribution in [0.5, 0.6) is 0 Å². The normalized spacial score (nSPS) is 16.4. The van der Waals surface area contributed by atoms with Gasteiger partial charge in [0.1, 0.15) is 0 Å². The summed E-state index contributed by atoms with van der Waals surface area (Å²) in [4.78, 5) is 26.5. The molecule has 0 saturated carbocycles. The number of halogens is 1. The van der Waals surface area contributed by atoms with Crippen LogP contribution < -0.4 is 0 Å². The molecule has 5 heteroatoms. The van der Waals surface area contributed by atoms with E-state index in [0.717, 1.165) is 32.9 Å². The van der Waals surface area contributed by atoms with Crippen molar-refractivity contribution in [1.29, 1.82) is 0 Å². The van der Waals surface area contributed by atoms with Crippen molar-refractivity contribution in [2.45, 2.75) is 13.5 Å². The van der Waals surface area contributed by atoms with Gasteiger partial charge in [-0.2, -0.15) is 0 Å². The summed E-state index contributed by atoms with van der Waals surface area (Å²) in [5, 5.41) is -0.231. The smallest absolute Gasteiger partial charge is 0.268 e. The van der Waals surface area contributed by atoms with Crippen LogP contribution >= 0.6 is 27.7 Å². The molecule has 3 nitrogen and oxygen atoms in total. The first-order chi connectivity index (χ1) is 11.1. The number of hydrogen-bond donors (Lipinski definition) is 0. The third-order valence-electron chi connectivity index (χ3n) is 3.63. The maximum absolute atomic E-state index is 12.5. The molecule has 0 unspecified atom stereocenters. The second-order valence-corrected chi connectivity index (χ2v) is 7.06. The molecule has 0 atom stereocenters. The molecule has 0 radical (unpaired) electrons. The molecule has 0 N–H and O–H groups in total. The van der Waals surface area contributed by atoms with Crippen molar-refractivity contribution in [2.24, 2.45) is 0 Å². The number of nitrogens with zero attached hydrogens (tertiary/aromatic N) is 1. The molecule has 2 aromatic carbocycles. The largest absolute Gasteiger partial charge is 0.293 e. The maximum Gasteiger partial charge on any atom is 0.293 e. The third-order valence-corrected chi connectivity index (χ3v) is 5.32. The minimum atomic E-state index is -0.237. The van der Waals surface area contributed by atoms with E-state index in [1.807, 2.05) is 55.5 Å². The van der Waals surface area contributed by atoms with Crippen LogP contribution in [-0.4, -0.2) is 16.0 Å². The number of imide groups is 1. The molecule has 1 heterocycles. The Morgan fingerprint density at radius 2 is 1.78 bits per heavy atom. The summed E-state index contributed by atoms with van der Waals surface area (Å²) in [6.07, 6.45) is 1.79. The van der Waals surface area contributed by atoms with E-state index < -0.39 is 0 Å². The second kappa shape index (κ2) is 6.72. The van der Waals surface area contributed by atoms with Crippen molar-refractivity contribution in [3.05, 3.63) is 74.6 Å². The lowest BCUT2D eigenvalue weighted by molar-refractivity contribution is -0.123. The van der Waals surface area contributed by atoms with Crippen molar-refractivity contribution < 1.29 is 9.59 Å². The van der Waals surface area contributed by atoms with E-state index in [-0.39, 0.29) is 17.7 Å². The zero-order valence-electron chi connectivity index (χ0n) is 12.5. The minimum Gasteiger partial charge on any atom is -0.268 e. The van der Waals surface area contributed by atoms with Crippen LogP contribution in [0.25, 0.3) is 6.08 Å². The summed E-state index contributed by atoms with van der Waals surface area (Å²) >= 11 is 4.44. The Kier molecular flexibility index (Phi) is 4.68. The number of thioether (sulfide) groups is 1. The van der Waals surface area contributed by atoms with Crippen LogP contribution in [0, 0.1) is 6.92 Å². The van der Waals surface area contributed by atoms with E-state index in [2.05, 4.69) is 15.9 Å². The fraction of sp³-hybridized carbons (Fsp3) is 0.111.